The molecule has 11 heteroatoms. The van der Waals surface area contributed by atoms with Crippen LogP contribution in [0.5, 0.6) is 11.5 Å². The van der Waals surface area contributed by atoms with E-state index in [1.165, 1.54) is 4.68 Å². The highest BCUT2D eigenvalue weighted by atomic mass is 35.5. The monoisotopic (exact) mass is 547 g/mol. The Hall–Kier alpha value is -3.37. The van der Waals surface area contributed by atoms with Crippen LogP contribution in [0.1, 0.15) is 41.3 Å². The lowest BCUT2D eigenvalue weighted by Crippen LogP contribution is -2.52. The van der Waals surface area contributed by atoms with E-state index in [2.05, 4.69) is 15.7 Å². The van der Waals surface area contributed by atoms with Crippen molar-refractivity contribution in [2.45, 2.75) is 37.9 Å². The molecule has 2 aliphatic heterocycles. The molecule has 3 aromatic rings. The van der Waals surface area contributed by atoms with Crippen LogP contribution in [0.2, 0.25) is 0 Å². The summed E-state index contributed by atoms with van der Waals surface area (Å²) in [5.74, 6) is 1.62. The van der Waals surface area contributed by atoms with Gasteiger partial charge in [0.1, 0.15) is 11.9 Å². The van der Waals surface area contributed by atoms with E-state index in [1.54, 1.807) is 44.6 Å². The van der Waals surface area contributed by atoms with Crippen LogP contribution in [-0.4, -0.2) is 66.9 Å². The molecule has 2 N–H and O–H groups in total. The van der Waals surface area contributed by atoms with Crippen LogP contribution >= 0.6 is 12.4 Å². The summed E-state index contributed by atoms with van der Waals surface area (Å²) in [6, 6.07) is 13.1. The molecule has 1 saturated heterocycles. The van der Waals surface area contributed by atoms with Crippen molar-refractivity contribution in [1.29, 1.82) is 0 Å². The molecule has 0 saturated carbocycles. The van der Waals surface area contributed by atoms with E-state index in [1.807, 2.05) is 30.0 Å². The molecule has 1 fully saturated rings. The molecule has 1 aromatic heterocycles. The van der Waals surface area contributed by atoms with Crippen LogP contribution in [-0.2, 0) is 0 Å². The van der Waals surface area contributed by atoms with E-state index in [4.69, 9.17) is 9.47 Å². The zero-order chi connectivity index (χ0) is 26.1. The second-order valence-electron chi connectivity index (χ2n) is 9.44. The molecule has 0 spiro atoms. The highest BCUT2D eigenvalue weighted by molar-refractivity contribution is 5.95. The number of methoxy groups -OCH3 is 2. The molecule has 8 nitrogen and oxygen atoms in total. The number of nitrogens with one attached hydrogen (secondary N) is 2. The van der Waals surface area contributed by atoms with Crippen molar-refractivity contribution < 1.29 is 23.0 Å². The third-order valence-corrected chi connectivity index (χ3v) is 7.14. The number of hydrogen-bond donors (Lipinski definition) is 2. The number of carbonyl (C=O) groups excluding carboxylic acids is 1. The smallest absolute Gasteiger partial charge is 0.260 e. The highest BCUT2D eigenvalue weighted by Gasteiger charge is 2.35. The second kappa shape index (κ2) is 11.6. The molecule has 0 bridgehead atoms. The quantitative estimate of drug-likeness (QED) is 0.462. The fourth-order valence-electron chi connectivity index (χ4n) is 5.07. The second-order valence-corrected chi connectivity index (χ2v) is 9.44. The average Bonchev–Trinajstić information content (AvgIpc) is 3.36. The Labute approximate surface area is 226 Å². The predicted molar refractivity (Wildman–Crippen MR) is 144 cm³/mol. The van der Waals surface area contributed by atoms with E-state index in [0.29, 0.717) is 35.1 Å². The Balaban J connectivity index is 0.00000336. The Bertz CT molecular complexity index is 1270. The Morgan fingerprint density at radius 2 is 1.82 bits per heavy atom. The van der Waals surface area contributed by atoms with Crippen molar-refractivity contribution in [3.63, 3.8) is 0 Å². The predicted octanol–water partition coefficient (Wildman–Crippen LogP) is 4.79. The SMILES string of the molecule is COc1ccc(C2CC(C(F)F)n3nc(-c4ccc(C(=O)N5CCNCC5C)cc4)cc3N2)cc1OC.Cl. The number of rotatable bonds is 6. The number of nitrogens with zero attached hydrogens (tertiary/aromatic N) is 3. The van der Waals surface area contributed by atoms with E-state index in [0.717, 1.165) is 24.2 Å². The summed E-state index contributed by atoms with van der Waals surface area (Å²) in [4.78, 5) is 14.8. The largest absolute Gasteiger partial charge is 0.493 e. The standard InChI is InChI=1S/C27H31F2N5O3.ClH/c1-16-15-30-10-11-33(16)27(35)18-6-4-17(5-7-18)21-14-25-31-20(13-22(26(28)29)34(25)32-21)19-8-9-23(36-2)24(12-19)37-3;/h4-9,12,14,16,20,22,26,30-31H,10-11,13,15H2,1-3H3;1H. The zero-order valence-electron chi connectivity index (χ0n) is 21.5. The molecule has 5 rings (SSSR count). The van der Waals surface area contributed by atoms with E-state index in [9.17, 15) is 13.6 Å². The minimum atomic E-state index is -2.59. The summed E-state index contributed by atoms with van der Waals surface area (Å²) in [5.41, 5.74) is 2.74. The van der Waals surface area contributed by atoms with Gasteiger partial charge in [-0.25, -0.2) is 13.5 Å². The molecule has 2 aromatic carbocycles. The van der Waals surface area contributed by atoms with E-state index >= 15 is 0 Å². The van der Waals surface area contributed by atoms with Crippen molar-refractivity contribution in [1.82, 2.24) is 20.0 Å². The van der Waals surface area contributed by atoms with Crippen LogP contribution in [0.3, 0.4) is 0 Å². The number of benzene rings is 2. The van der Waals surface area contributed by atoms with Crippen molar-refractivity contribution in [2.24, 2.45) is 0 Å². The van der Waals surface area contributed by atoms with Gasteiger partial charge in [0.2, 0.25) is 0 Å². The number of fused-ring (bicyclic) bond motifs is 1. The van der Waals surface area contributed by atoms with Crippen LogP contribution in [0.4, 0.5) is 14.6 Å². The van der Waals surface area contributed by atoms with Gasteiger partial charge in [-0.15, -0.1) is 12.4 Å². The Morgan fingerprint density at radius 3 is 2.47 bits per heavy atom. The van der Waals surface area contributed by atoms with E-state index in [-0.39, 0.29) is 36.8 Å². The van der Waals surface area contributed by atoms with Gasteiger partial charge < -0.3 is 25.0 Å². The third-order valence-electron chi connectivity index (χ3n) is 7.14. The van der Waals surface area contributed by atoms with Gasteiger partial charge in [-0.3, -0.25) is 4.79 Å². The Morgan fingerprint density at radius 1 is 1.08 bits per heavy atom. The summed E-state index contributed by atoms with van der Waals surface area (Å²) in [5, 5.41) is 11.2. The summed E-state index contributed by atoms with van der Waals surface area (Å²) in [7, 11) is 3.10. The maximum Gasteiger partial charge on any atom is 0.260 e. The fraction of sp³-hybridized carbons (Fsp3) is 0.407. The molecule has 2 aliphatic rings. The molecule has 0 radical (unpaired) electrons. The summed E-state index contributed by atoms with van der Waals surface area (Å²) in [6.45, 7) is 4.23. The topological polar surface area (TPSA) is 80.7 Å². The number of halogens is 3. The zero-order valence-corrected chi connectivity index (χ0v) is 22.3. The van der Waals surface area contributed by atoms with Gasteiger partial charge in [0.05, 0.1) is 26.0 Å². The third kappa shape index (κ3) is 5.28. The number of carbonyl (C=O) groups is 1. The number of piperazine rings is 1. The maximum atomic E-state index is 14.1. The van der Waals surface area contributed by atoms with Crippen molar-refractivity contribution >= 4 is 24.1 Å². The van der Waals surface area contributed by atoms with Crippen LogP contribution in [0, 0.1) is 0 Å². The van der Waals surface area contributed by atoms with E-state index < -0.39 is 12.5 Å². The molecule has 0 aliphatic carbocycles. The minimum absolute atomic E-state index is 0. The number of ether oxygens (including phenoxy) is 2. The van der Waals surface area contributed by atoms with Crippen molar-refractivity contribution in [3.8, 4) is 22.8 Å². The molecule has 3 heterocycles. The Kier molecular flexibility index (Phi) is 8.42. The van der Waals surface area contributed by atoms with Crippen LogP contribution in [0.25, 0.3) is 11.3 Å². The number of anilines is 1. The normalized spacial score (nSPS) is 20.8. The van der Waals surface area contributed by atoms with Gasteiger partial charge in [-0.2, -0.15) is 5.10 Å². The first-order chi connectivity index (χ1) is 17.9. The number of aromatic nitrogens is 2. The first-order valence-corrected chi connectivity index (χ1v) is 12.4. The summed E-state index contributed by atoms with van der Waals surface area (Å²) < 4.78 is 40.3. The molecule has 204 valence electrons. The van der Waals surface area contributed by atoms with Gasteiger partial charge in [-0.1, -0.05) is 18.2 Å². The minimum Gasteiger partial charge on any atom is -0.493 e. The molecule has 3 atom stereocenters. The van der Waals surface area contributed by atoms with Crippen LogP contribution in [0.15, 0.2) is 48.5 Å². The van der Waals surface area contributed by atoms with Gasteiger partial charge in [0, 0.05) is 42.9 Å². The molecule has 38 heavy (non-hydrogen) atoms. The lowest BCUT2D eigenvalue weighted by molar-refractivity contribution is 0.0652. The molecule has 3 unspecified atom stereocenters. The number of amides is 1. The van der Waals surface area contributed by atoms with Gasteiger partial charge in [0.25, 0.3) is 12.3 Å². The van der Waals surface area contributed by atoms with Gasteiger partial charge in [0.15, 0.2) is 11.5 Å². The molecular weight excluding hydrogens is 516 g/mol. The van der Waals surface area contributed by atoms with Crippen molar-refractivity contribution in [3.05, 3.63) is 59.7 Å². The fourth-order valence-corrected chi connectivity index (χ4v) is 5.07. The maximum absolute atomic E-state index is 14.1. The van der Waals surface area contributed by atoms with Gasteiger partial charge >= 0.3 is 0 Å². The number of alkyl halides is 2. The van der Waals surface area contributed by atoms with Crippen molar-refractivity contribution in [2.75, 3.05) is 39.2 Å². The lowest BCUT2D eigenvalue weighted by Gasteiger charge is -2.34. The highest BCUT2D eigenvalue weighted by Crippen LogP contribution is 2.41. The summed E-state index contributed by atoms with van der Waals surface area (Å²) in [6.07, 6.45) is -2.42. The first kappa shape index (κ1) is 27.7. The van der Waals surface area contributed by atoms with Crippen LogP contribution < -0.4 is 20.1 Å². The molecular formula is C27H32ClF2N5O3. The number of hydrogen-bond acceptors (Lipinski definition) is 6. The van der Waals surface area contributed by atoms with Gasteiger partial charge in [-0.05, 0) is 43.2 Å². The summed E-state index contributed by atoms with van der Waals surface area (Å²) >= 11 is 0. The first-order valence-electron chi connectivity index (χ1n) is 12.4. The lowest BCUT2D eigenvalue weighted by atomic mass is 9.97. The average molecular weight is 548 g/mol. The molecule has 1 amide bonds.